The van der Waals surface area contributed by atoms with Crippen molar-refractivity contribution in [3.63, 3.8) is 0 Å². The summed E-state index contributed by atoms with van der Waals surface area (Å²) < 4.78 is 0. The normalized spacial score (nSPS) is 10.4. The lowest BCUT2D eigenvalue weighted by Gasteiger charge is -2.10. The second-order valence-corrected chi connectivity index (χ2v) is 4.85. The molecular weight excluding hydrogens is 266 g/mol. The smallest absolute Gasteiger partial charge is 0.256 e. The van der Waals surface area contributed by atoms with Crippen LogP contribution in [-0.4, -0.2) is 48.2 Å². The largest absolute Gasteiger partial charge is 0.367 e. The predicted molar refractivity (Wildman–Crippen MR) is 83.5 cm³/mol. The Morgan fingerprint density at radius 2 is 1.71 bits per heavy atom. The molecule has 0 spiro atoms. The lowest BCUT2D eigenvalue weighted by molar-refractivity contribution is 0.102. The maximum atomic E-state index is 11.9. The van der Waals surface area contributed by atoms with Crippen LogP contribution in [0.5, 0.6) is 0 Å². The molecule has 1 amide bonds. The van der Waals surface area contributed by atoms with Gasteiger partial charge in [0.25, 0.3) is 5.91 Å². The van der Waals surface area contributed by atoms with Crippen molar-refractivity contribution in [2.45, 2.75) is 0 Å². The first-order valence-corrected chi connectivity index (χ1v) is 6.74. The summed E-state index contributed by atoms with van der Waals surface area (Å²) in [5, 5.41) is 13.9. The van der Waals surface area contributed by atoms with Crippen molar-refractivity contribution in [1.29, 1.82) is 0 Å². The number of nitrogens with zero attached hydrogens (tertiary/aromatic N) is 3. The Labute approximate surface area is 124 Å². The average molecular weight is 285 g/mol. The third-order valence-electron chi connectivity index (χ3n) is 2.81. The number of amides is 1. The highest BCUT2D eigenvalue weighted by atomic mass is 16.1. The van der Waals surface area contributed by atoms with E-state index in [9.17, 15) is 4.79 Å². The van der Waals surface area contributed by atoms with E-state index < -0.39 is 0 Å². The molecule has 6 heteroatoms. The summed E-state index contributed by atoms with van der Waals surface area (Å²) in [6, 6.07) is 12.5. The molecule has 6 nitrogen and oxygen atoms in total. The first-order valence-electron chi connectivity index (χ1n) is 6.74. The van der Waals surface area contributed by atoms with Gasteiger partial charge in [-0.1, -0.05) is 18.2 Å². The highest BCUT2D eigenvalue weighted by molar-refractivity contribution is 6.03. The predicted octanol–water partition coefficient (Wildman–Crippen LogP) is 1.70. The number of nitrogens with one attached hydrogen (secondary N) is 2. The molecule has 0 unspecified atom stereocenters. The maximum absolute atomic E-state index is 11.9. The van der Waals surface area contributed by atoms with Gasteiger partial charge in [0.2, 0.25) is 0 Å². The number of aromatic nitrogens is 2. The van der Waals surface area contributed by atoms with Gasteiger partial charge in [-0.2, -0.15) is 0 Å². The van der Waals surface area contributed by atoms with Crippen LogP contribution in [0.15, 0.2) is 42.5 Å². The minimum Gasteiger partial charge on any atom is -0.367 e. The number of hydrogen-bond acceptors (Lipinski definition) is 5. The molecule has 0 aliphatic heterocycles. The molecule has 110 valence electrons. The van der Waals surface area contributed by atoms with Crippen LogP contribution in [0.25, 0.3) is 0 Å². The molecule has 0 fully saturated rings. The fourth-order valence-corrected chi connectivity index (χ4v) is 1.68. The van der Waals surface area contributed by atoms with Crippen molar-refractivity contribution in [2.75, 3.05) is 37.8 Å². The average Bonchev–Trinajstić information content (AvgIpc) is 2.49. The van der Waals surface area contributed by atoms with Crippen LogP contribution in [-0.2, 0) is 0 Å². The van der Waals surface area contributed by atoms with Gasteiger partial charge >= 0.3 is 0 Å². The molecule has 2 rings (SSSR count). The Hall–Kier alpha value is -2.47. The van der Waals surface area contributed by atoms with Crippen molar-refractivity contribution in [1.82, 2.24) is 15.1 Å². The summed E-state index contributed by atoms with van der Waals surface area (Å²) in [5.74, 6) is 0.926. The SMILES string of the molecule is CN(C)CCNc1ccc(NC(=O)c2ccccc2)nn1. The van der Waals surface area contributed by atoms with E-state index in [0.717, 1.165) is 13.1 Å². The number of carbonyl (C=O) groups excluding carboxylic acids is 1. The van der Waals surface area contributed by atoms with Gasteiger partial charge in [-0.05, 0) is 38.4 Å². The van der Waals surface area contributed by atoms with Gasteiger partial charge in [0.05, 0.1) is 0 Å². The number of carbonyl (C=O) groups is 1. The zero-order valence-electron chi connectivity index (χ0n) is 12.2. The van der Waals surface area contributed by atoms with Crippen LogP contribution < -0.4 is 10.6 Å². The number of likely N-dealkylation sites (N-methyl/N-ethyl adjacent to an activating group) is 1. The lowest BCUT2D eigenvalue weighted by Crippen LogP contribution is -2.21. The zero-order chi connectivity index (χ0) is 15.1. The Balaban J connectivity index is 1.89. The molecule has 0 radical (unpaired) electrons. The third-order valence-corrected chi connectivity index (χ3v) is 2.81. The summed E-state index contributed by atoms with van der Waals surface area (Å²) in [4.78, 5) is 14.0. The monoisotopic (exact) mass is 285 g/mol. The van der Waals surface area contributed by atoms with E-state index in [2.05, 4.69) is 25.7 Å². The van der Waals surface area contributed by atoms with Crippen LogP contribution in [0.3, 0.4) is 0 Å². The van der Waals surface area contributed by atoms with Crippen molar-refractivity contribution in [3.8, 4) is 0 Å². The van der Waals surface area contributed by atoms with Crippen molar-refractivity contribution < 1.29 is 4.79 Å². The summed E-state index contributed by atoms with van der Waals surface area (Å²) in [5.41, 5.74) is 0.590. The second-order valence-electron chi connectivity index (χ2n) is 4.85. The Bertz CT molecular complexity index is 568. The molecule has 0 saturated carbocycles. The third kappa shape index (κ3) is 4.85. The Morgan fingerprint density at radius 1 is 1.05 bits per heavy atom. The molecule has 0 bridgehead atoms. The molecule has 21 heavy (non-hydrogen) atoms. The summed E-state index contributed by atoms with van der Waals surface area (Å²) in [6.45, 7) is 1.70. The standard InChI is InChI=1S/C15H19N5O/c1-20(2)11-10-16-13-8-9-14(19-18-13)17-15(21)12-6-4-3-5-7-12/h3-9H,10-11H2,1-2H3,(H,16,18)(H,17,19,21). The fourth-order valence-electron chi connectivity index (χ4n) is 1.68. The molecule has 1 heterocycles. The van der Waals surface area contributed by atoms with E-state index in [1.165, 1.54) is 0 Å². The molecule has 1 aromatic heterocycles. The molecule has 0 saturated heterocycles. The highest BCUT2D eigenvalue weighted by Gasteiger charge is 2.06. The Kier molecular flexibility index (Phi) is 5.22. The first-order chi connectivity index (χ1) is 10.1. The van der Waals surface area contributed by atoms with Gasteiger partial charge in [0, 0.05) is 18.7 Å². The fraction of sp³-hybridized carbons (Fsp3) is 0.267. The Morgan fingerprint density at radius 3 is 2.33 bits per heavy atom. The van der Waals surface area contributed by atoms with E-state index in [-0.39, 0.29) is 5.91 Å². The van der Waals surface area contributed by atoms with Crippen molar-refractivity contribution >= 4 is 17.5 Å². The molecule has 0 atom stereocenters. The molecule has 1 aromatic carbocycles. The van der Waals surface area contributed by atoms with Gasteiger partial charge < -0.3 is 15.5 Å². The summed E-state index contributed by atoms with van der Waals surface area (Å²) in [7, 11) is 4.02. The first kappa shape index (κ1) is 14.9. The molecule has 0 aliphatic carbocycles. The van der Waals surface area contributed by atoms with Crippen LogP contribution in [0.4, 0.5) is 11.6 Å². The van der Waals surface area contributed by atoms with Gasteiger partial charge in [0.15, 0.2) is 5.82 Å². The van der Waals surface area contributed by atoms with Gasteiger partial charge in [-0.15, -0.1) is 10.2 Å². The quantitative estimate of drug-likeness (QED) is 0.845. The summed E-state index contributed by atoms with van der Waals surface area (Å²) in [6.07, 6.45) is 0. The van der Waals surface area contributed by atoms with E-state index in [1.54, 1.807) is 24.3 Å². The van der Waals surface area contributed by atoms with Crippen LogP contribution >= 0.6 is 0 Å². The molecular formula is C15H19N5O. The highest BCUT2D eigenvalue weighted by Crippen LogP contribution is 2.08. The van der Waals surface area contributed by atoms with Crippen molar-refractivity contribution in [3.05, 3.63) is 48.0 Å². The zero-order valence-corrected chi connectivity index (χ0v) is 12.2. The number of anilines is 2. The van der Waals surface area contributed by atoms with E-state index in [0.29, 0.717) is 17.2 Å². The number of benzene rings is 1. The summed E-state index contributed by atoms with van der Waals surface area (Å²) >= 11 is 0. The molecule has 2 aromatic rings. The minimum absolute atomic E-state index is 0.196. The van der Waals surface area contributed by atoms with E-state index in [4.69, 9.17) is 0 Å². The van der Waals surface area contributed by atoms with Crippen LogP contribution in [0.1, 0.15) is 10.4 Å². The van der Waals surface area contributed by atoms with Crippen molar-refractivity contribution in [2.24, 2.45) is 0 Å². The second kappa shape index (κ2) is 7.35. The lowest BCUT2D eigenvalue weighted by atomic mass is 10.2. The van der Waals surface area contributed by atoms with Gasteiger partial charge in [-0.25, -0.2) is 0 Å². The number of rotatable bonds is 6. The molecule has 0 aliphatic rings. The van der Waals surface area contributed by atoms with Gasteiger partial charge in [-0.3, -0.25) is 4.79 Å². The molecule has 2 N–H and O–H groups in total. The van der Waals surface area contributed by atoms with E-state index in [1.807, 2.05) is 32.3 Å². The van der Waals surface area contributed by atoms with Gasteiger partial charge in [0.1, 0.15) is 5.82 Å². The van der Waals surface area contributed by atoms with Crippen LogP contribution in [0.2, 0.25) is 0 Å². The number of hydrogen-bond donors (Lipinski definition) is 2. The van der Waals surface area contributed by atoms with Crippen LogP contribution in [0, 0.1) is 0 Å². The maximum Gasteiger partial charge on any atom is 0.256 e. The van der Waals surface area contributed by atoms with E-state index >= 15 is 0 Å². The minimum atomic E-state index is -0.196. The topological polar surface area (TPSA) is 70.2 Å².